The van der Waals surface area contributed by atoms with Crippen molar-refractivity contribution in [3.63, 3.8) is 0 Å². The first-order valence-electron chi connectivity index (χ1n) is 7.15. The molecule has 0 bridgehead atoms. The topological polar surface area (TPSA) is 68.6 Å². The van der Waals surface area contributed by atoms with Crippen molar-refractivity contribution in [1.82, 2.24) is 0 Å². The van der Waals surface area contributed by atoms with E-state index in [9.17, 15) is 10.1 Å². The quantitative estimate of drug-likeness (QED) is 0.724. The standard InChI is InChI=1S/C17H23NO4/c1-12(2)17(11-18,9-8-16(19)22-5)13-6-7-14(20-3)15(10-13)21-4/h6-7,10,12H,8-9H2,1-5H3. The molecule has 0 aromatic heterocycles. The van der Waals surface area contributed by atoms with Crippen molar-refractivity contribution in [2.24, 2.45) is 5.92 Å². The molecule has 0 aliphatic rings. The Kier molecular flexibility index (Phi) is 6.24. The van der Waals surface area contributed by atoms with Gasteiger partial charge in [-0.1, -0.05) is 19.9 Å². The molecule has 5 nitrogen and oxygen atoms in total. The minimum Gasteiger partial charge on any atom is -0.493 e. The minimum absolute atomic E-state index is 0.0280. The molecule has 5 heteroatoms. The summed E-state index contributed by atoms with van der Waals surface area (Å²) in [6.45, 7) is 3.94. The maximum absolute atomic E-state index is 11.5. The Morgan fingerprint density at radius 2 is 1.86 bits per heavy atom. The highest BCUT2D eigenvalue weighted by Gasteiger charge is 2.37. The number of rotatable bonds is 7. The predicted octanol–water partition coefficient (Wildman–Crippen LogP) is 3.07. The fourth-order valence-electron chi connectivity index (χ4n) is 2.53. The second-order valence-corrected chi connectivity index (χ2v) is 5.38. The molecule has 0 heterocycles. The number of nitriles is 1. The van der Waals surface area contributed by atoms with Crippen LogP contribution >= 0.6 is 0 Å². The average molecular weight is 305 g/mol. The normalized spacial score (nSPS) is 13.1. The number of hydrogen-bond acceptors (Lipinski definition) is 5. The van der Waals surface area contributed by atoms with Gasteiger partial charge in [0.25, 0.3) is 0 Å². The molecule has 0 fully saturated rings. The van der Waals surface area contributed by atoms with Crippen molar-refractivity contribution >= 4 is 5.97 Å². The van der Waals surface area contributed by atoms with Gasteiger partial charge in [0.15, 0.2) is 11.5 Å². The predicted molar refractivity (Wildman–Crippen MR) is 82.9 cm³/mol. The molecule has 0 N–H and O–H groups in total. The Labute approximate surface area is 131 Å². The zero-order chi connectivity index (χ0) is 16.8. The largest absolute Gasteiger partial charge is 0.493 e. The third-order valence-corrected chi connectivity index (χ3v) is 4.03. The summed E-state index contributed by atoms with van der Waals surface area (Å²) >= 11 is 0. The van der Waals surface area contributed by atoms with E-state index in [0.29, 0.717) is 17.9 Å². The SMILES string of the molecule is COC(=O)CCC(C#N)(c1ccc(OC)c(OC)c1)C(C)C. The third kappa shape index (κ3) is 3.51. The molecule has 1 rings (SSSR count). The van der Waals surface area contributed by atoms with Gasteiger partial charge in [-0.3, -0.25) is 4.79 Å². The van der Waals surface area contributed by atoms with E-state index in [4.69, 9.17) is 14.2 Å². The smallest absolute Gasteiger partial charge is 0.305 e. The van der Waals surface area contributed by atoms with Gasteiger partial charge < -0.3 is 14.2 Å². The zero-order valence-electron chi connectivity index (χ0n) is 13.8. The summed E-state index contributed by atoms with van der Waals surface area (Å²) in [5.41, 5.74) is 0.0276. The lowest BCUT2D eigenvalue weighted by atomic mass is 9.70. The fourth-order valence-corrected chi connectivity index (χ4v) is 2.53. The van der Waals surface area contributed by atoms with E-state index in [1.807, 2.05) is 19.9 Å². The first-order chi connectivity index (χ1) is 10.4. The van der Waals surface area contributed by atoms with Gasteiger partial charge in [-0.25, -0.2) is 0 Å². The monoisotopic (exact) mass is 305 g/mol. The molecule has 1 aromatic carbocycles. The van der Waals surface area contributed by atoms with E-state index in [1.54, 1.807) is 26.4 Å². The lowest BCUT2D eigenvalue weighted by Crippen LogP contribution is -2.31. The Bertz CT molecular complexity index is 562. The number of carbonyl (C=O) groups is 1. The van der Waals surface area contributed by atoms with Crippen LogP contribution in [0, 0.1) is 17.2 Å². The zero-order valence-corrected chi connectivity index (χ0v) is 13.8. The summed E-state index contributed by atoms with van der Waals surface area (Å²) < 4.78 is 15.2. The molecule has 1 unspecified atom stereocenters. The van der Waals surface area contributed by atoms with Gasteiger partial charge in [0.1, 0.15) is 0 Å². The summed E-state index contributed by atoms with van der Waals surface area (Å²) in [4.78, 5) is 11.5. The van der Waals surface area contributed by atoms with Crippen molar-refractivity contribution in [1.29, 1.82) is 5.26 Å². The van der Waals surface area contributed by atoms with Crippen LogP contribution in [-0.4, -0.2) is 27.3 Å². The van der Waals surface area contributed by atoms with Crippen LogP contribution in [0.4, 0.5) is 0 Å². The molecule has 22 heavy (non-hydrogen) atoms. The van der Waals surface area contributed by atoms with Gasteiger partial charge >= 0.3 is 5.97 Å². The molecule has 120 valence electrons. The lowest BCUT2D eigenvalue weighted by Gasteiger charge is -2.31. The van der Waals surface area contributed by atoms with Crippen LogP contribution in [0.2, 0.25) is 0 Å². The van der Waals surface area contributed by atoms with Gasteiger partial charge in [-0.05, 0) is 30.0 Å². The van der Waals surface area contributed by atoms with Crippen molar-refractivity contribution < 1.29 is 19.0 Å². The summed E-state index contributed by atoms with van der Waals surface area (Å²) in [7, 11) is 4.47. The Balaban J connectivity index is 3.27. The van der Waals surface area contributed by atoms with Crippen molar-refractivity contribution in [3.05, 3.63) is 23.8 Å². The highest BCUT2D eigenvalue weighted by molar-refractivity contribution is 5.69. The second-order valence-electron chi connectivity index (χ2n) is 5.38. The van der Waals surface area contributed by atoms with Gasteiger partial charge in [0.05, 0.1) is 32.8 Å². The van der Waals surface area contributed by atoms with E-state index >= 15 is 0 Å². The van der Waals surface area contributed by atoms with E-state index in [2.05, 4.69) is 6.07 Å². The average Bonchev–Trinajstić information content (AvgIpc) is 2.54. The van der Waals surface area contributed by atoms with Crippen LogP contribution in [0.5, 0.6) is 11.5 Å². The number of carbonyl (C=O) groups excluding carboxylic acids is 1. The second kappa shape index (κ2) is 7.69. The molecule has 0 amide bonds. The summed E-state index contributed by atoms with van der Waals surface area (Å²) in [5, 5.41) is 9.80. The van der Waals surface area contributed by atoms with Gasteiger partial charge in [0, 0.05) is 6.42 Å². The Morgan fingerprint density at radius 3 is 2.32 bits per heavy atom. The van der Waals surface area contributed by atoms with E-state index < -0.39 is 5.41 Å². The number of nitrogens with zero attached hydrogens (tertiary/aromatic N) is 1. The maximum Gasteiger partial charge on any atom is 0.305 e. The number of hydrogen-bond donors (Lipinski definition) is 0. The van der Waals surface area contributed by atoms with E-state index in [0.717, 1.165) is 5.56 Å². The van der Waals surface area contributed by atoms with Crippen LogP contribution < -0.4 is 9.47 Å². The van der Waals surface area contributed by atoms with Crippen LogP contribution in [0.3, 0.4) is 0 Å². The molecule has 0 radical (unpaired) electrons. The number of benzene rings is 1. The molecule has 1 aromatic rings. The van der Waals surface area contributed by atoms with Gasteiger partial charge in [0.2, 0.25) is 0 Å². The highest BCUT2D eigenvalue weighted by atomic mass is 16.5. The summed E-state index contributed by atoms with van der Waals surface area (Å²) in [5.74, 6) is 0.883. The third-order valence-electron chi connectivity index (χ3n) is 4.03. The lowest BCUT2D eigenvalue weighted by molar-refractivity contribution is -0.141. The Morgan fingerprint density at radius 1 is 1.23 bits per heavy atom. The number of esters is 1. The van der Waals surface area contributed by atoms with Crippen molar-refractivity contribution in [2.75, 3.05) is 21.3 Å². The van der Waals surface area contributed by atoms with E-state index in [1.165, 1.54) is 7.11 Å². The minimum atomic E-state index is -0.784. The first kappa shape index (κ1) is 17.8. The summed E-state index contributed by atoms with van der Waals surface area (Å²) in [6.07, 6.45) is 0.583. The maximum atomic E-state index is 11.5. The van der Waals surface area contributed by atoms with Crippen molar-refractivity contribution in [2.45, 2.75) is 32.1 Å². The number of methoxy groups -OCH3 is 3. The van der Waals surface area contributed by atoms with E-state index in [-0.39, 0.29) is 18.3 Å². The summed E-state index contributed by atoms with van der Waals surface area (Å²) in [6, 6.07) is 7.83. The van der Waals surface area contributed by atoms with Gasteiger partial charge in [-0.2, -0.15) is 5.26 Å². The van der Waals surface area contributed by atoms with Crippen LogP contribution in [0.1, 0.15) is 32.3 Å². The fraction of sp³-hybridized carbons (Fsp3) is 0.529. The molecular formula is C17H23NO4. The molecule has 0 spiro atoms. The number of ether oxygens (including phenoxy) is 3. The molecular weight excluding hydrogens is 282 g/mol. The first-order valence-corrected chi connectivity index (χ1v) is 7.15. The van der Waals surface area contributed by atoms with Crippen LogP contribution in [-0.2, 0) is 14.9 Å². The van der Waals surface area contributed by atoms with Gasteiger partial charge in [-0.15, -0.1) is 0 Å². The van der Waals surface area contributed by atoms with Crippen molar-refractivity contribution in [3.8, 4) is 17.6 Å². The Hall–Kier alpha value is -2.22. The molecule has 1 atom stereocenters. The molecule has 0 saturated heterocycles. The molecule has 0 aliphatic heterocycles. The van der Waals surface area contributed by atoms with Crippen LogP contribution in [0.15, 0.2) is 18.2 Å². The molecule has 0 aliphatic carbocycles. The molecule has 0 saturated carbocycles. The highest BCUT2D eigenvalue weighted by Crippen LogP contribution is 2.40. The van der Waals surface area contributed by atoms with Crippen LogP contribution in [0.25, 0.3) is 0 Å².